The minimum Gasteiger partial charge on any atom is -0.339 e. The second-order valence-corrected chi connectivity index (χ2v) is 7.68. The van der Waals surface area contributed by atoms with Gasteiger partial charge >= 0.3 is 0 Å². The van der Waals surface area contributed by atoms with Crippen LogP contribution in [-0.2, 0) is 6.54 Å². The van der Waals surface area contributed by atoms with E-state index in [0.29, 0.717) is 23.4 Å². The predicted octanol–water partition coefficient (Wildman–Crippen LogP) is 3.80. The van der Waals surface area contributed by atoms with Gasteiger partial charge in [-0.2, -0.15) is 0 Å². The highest BCUT2D eigenvalue weighted by atomic mass is 32.1. The van der Waals surface area contributed by atoms with Crippen LogP contribution in [0.25, 0.3) is 6.08 Å². The fourth-order valence-corrected chi connectivity index (χ4v) is 3.96. The Morgan fingerprint density at radius 1 is 1.32 bits per heavy atom. The zero-order chi connectivity index (χ0) is 19.2. The number of aromatic nitrogens is 3. The maximum absolute atomic E-state index is 12.7. The molecular formula is C21H23N5OS. The summed E-state index contributed by atoms with van der Waals surface area (Å²) in [5, 5.41) is 8.97. The largest absolute Gasteiger partial charge is 0.339 e. The molecule has 0 radical (unpaired) electrons. The minimum atomic E-state index is -0.155. The summed E-state index contributed by atoms with van der Waals surface area (Å²) in [5.41, 5.74) is 2.58. The van der Waals surface area contributed by atoms with Crippen LogP contribution in [0.15, 0.2) is 54.3 Å². The molecule has 7 heteroatoms. The molecular weight excluding hydrogens is 370 g/mol. The number of piperidine rings is 1. The molecule has 28 heavy (non-hydrogen) atoms. The molecule has 1 amide bonds. The normalized spacial score (nSPS) is 17.1. The van der Waals surface area contributed by atoms with Crippen LogP contribution in [0.2, 0.25) is 0 Å². The van der Waals surface area contributed by atoms with Crippen molar-refractivity contribution in [3.63, 3.8) is 0 Å². The van der Waals surface area contributed by atoms with Crippen molar-refractivity contribution in [2.24, 2.45) is 0 Å². The molecule has 6 nitrogen and oxygen atoms in total. The van der Waals surface area contributed by atoms with E-state index in [0.717, 1.165) is 17.8 Å². The third kappa shape index (κ3) is 4.74. The van der Waals surface area contributed by atoms with Gasteiger partial charge in [0.15, 0.2) is 5.13 Å². The highest BCUT2D eigenvalue weighted by molar-refractivity contribution is 7.14. The minimum absolute atomic E-state index is 0.155. The van der Waals surface area contributed by atoms with Gasteiger partial charge in [-0.15, -0.1) is 11.3 Å². The number of nitrogens with one attached hydrogen (secondary N) is 2. The van der Waals surface area contributed by atoms with Crippen molar-refractivity contribution in [2.45, 2.75) is 31.8 Å². The molecule has 1 aliphatic rings. The van der Waals surface area contributed by atoms with Gasteiger partial charge in [-0.1, -0.05) is 12.5 Å². The first-order valence-corrected chi connectivity index (χ1v) is 10.4. The van der Waals surface area contributed by atoms with Gasteiger partial charge in [-0.3, -0.25) is 15.1 Å². The summed E-state index contributed by atoms with van der Waals surface area (Å²) in [6.45, 7) is 1.70. The van der Waals surface area contributed by atoms with Gasteiger partial charge in [-0.05, 0) is 55.3 Å². The van der Waals surface area contributed by atoms with Crippen LogP contribution in [0.5, 0.6) is 0 Å². The van der Waals surface area contributed by atoms with E-state index in [2.05, 4.69) is 26.7 Å². The van der Waals surface area contributed by atoms with E-state index in [1.54, 1.807) is 12.4 Å². The summed E-state index contributed by atoms with van der Waals surface area (Å²) in [4.78, 5) is 21.2. The average Bonchev–Trinajstić information content (AvgIpc) is 3.37. The second-order valence-electron chi connectivity index (χ2n) is 6.82. The highest BCUT2D eigenvalue weighted by Crippen LogP contribution is 2.19. The standard InChI is InChI=1S/C21H23N5OS/c27-20(19-5-3-13-26(19)14-16-8-11-22-12-9-16)25-21-24-18(15-28-21)7-6-17-4-1-2-10-23-17/h3,5-9,11-13,15,17,23H,1-2,4,10,14H2,(H,24,25,27). The van der Waals surface area contributed by atoms with Crippen molar-refractivity contribution in [2.75, 3.05) is 11.9 Å². The maximum atomic E-state index is 12.7. The van der Waals surface area contributed by atoms with Gasteiger partial charge < -0.3 is 9.88 Å². The Morgan fingerprint density at radius 3 is 3.04 bits per heavy atom. The molecule has 144 valence electrons. The van der Waals surface area contributed by atoms with Crippen molar-refractivity contribution < 1.29 is 4.79 Å². The lowest BCUT2D eigenvalue weighted by Gasteiger charge is -2.19. The Balaban J connectivity index is 1.39. The summed E-state index contributed by atoms with van der Waals surface area (Å²) < 4.78 is 1.92. The first-order chi connectivity index (χ1) is 13.8. The molecule has 3 aromatic heterocycles. The van der Waals surface area contributed by atoms with Crippen LogP contribution in [0, 0.1) is 0 Å². The summed E-state index contributed by atoms with van der Waals surface area (Å²) in [7, 11) is 0. The Labute approximate surface area is 168 Å². The molecule has 1 fully saturated rings. The molecule has 0 aliphatic carbocycles. The third-order valence-electron chi connectivity index (χ3n) is 4.75. The van der Waals surface area contributed by atoms with E-state index in [1.807, 2.05) is 46.5 Å². The number of carbonyl (C=O) groups is 1. The fourth-order valence-electron chi connectivity index (χ4n) is 3.28. The van der Waals surface area contributed by atoms with Crippen molar-refractivity contribution in [1.82, 2.24) is 19.9 Å². The summed E-state index contributed by atoms with van der Waals surface area (Å²) in [5.74, 6) is -0.155. The number of nitrogens with zero attached hydrogens (tertiary/aromatic N) is 3. The molecule has 0 aromatic carbocycles. The maximum Gasteiger partial charge on any atom is 0.274 e. The van der Waals surface area contributed by atoms with Gasteiger partial charge in [0.05, 0.1) is 5.69 Å². The number of anilines is 1. The molecule has 1 atom stereocenters. The molecule has 0 spiro atoms. The van der Waals surface area contributed by atoms with Crippen LogP contribution in [-0.4, -0.2) is 33.0 Å². The van der Waals surface area contributed by atoms with Crippen molar-refractivity contribution in [1.29, 1.82) is 0 Å². The van der Waals surface area contributed by atoms with E-state index < -0.39 is 0 Å². The number of rotatable bonds is 6. The van der Waals surface area contributed by atoms with Gasteiger partial charge in [0.25, 0.3) is 5.91 Å². The lowest BCUT2D eigenvalue weighted by molar-refractivity contribution is 0.101. The molecule has 4 heterocycles. The zero-order valence-corrected chi connectivity index (χ0v) is 16.4. The van der Waals surface area contributed by atoms with Gasteiger partial charge in [0.1, 0.15) is 5.69 Å². The Morgan fingerprint density at radius 2 is 2.21 bits per heavy atom. The molecule has 4 rings (SSSR count). The van der Waals surface area contributed by atoms with Crippen LogP contribution < -0.4 is 10.6 Å². The van der Waals surface area contributed by atoms with Crippen molar-refractivity contribution in [3.8, 4) is 0 Å². The van der Waals surface area contributed by atoms with Crippen LogP contribution in [0.3, 0.4) is 0 Å². The lowest BCUT2D eigenvalue weighted by atomic mass is 10.0. The fraction of sp³-hybridized carbons (Fsp3) is 0.286. The third-order valence-corrected chi connectivity index (χ3v) is 5.53. The number of amides is 1. The van der Waals surface area contributed by atoms with E-state index >= 15 is 0 Å². The molecule has 1 aliphatic heterocycles. The van der Waals surface area contributed by atoms with Crippen LogP contribution in [0.1, 0.15) is 41.0 Å². The van der Waals surface area contributed by atoms with Crippen molar-refractivity contribution in [3.05, 3.63) is 71.3 Å². The summed E-state index contributed by atoms with van der Waals surface area (Å²) in [6, 6.07) is 8.01. The Hall–Kier alpha value is -2.77. The first kappa shape index (κ1) is 18.6. The van der Waals surface area contributed by atoms with E-state index in [4.69, 9.17) is 0 Å². The quantitative estimate of drug-likeness (QED) is 0.668. The monoisotopic (exact) mass is 393 g/mol. The number of hydrogen-bond acceptors (Lipinski definition) is 5. The molecule has 0 bridgehead atoms. The SMILES string of the molecule is O=C(Nc1nc(C=CC2CCCCN2)cs1)c1cccn1Cc1ccncc1. The topological polar surface area (TPSA) is 71.8 Å². The predicted molar refractivity (Wildman–Crippen MR) is 113 cm³/mol. The average molecular weight is 394 g/mol. The van der Waals surface area contributed by atoms with E-state index in [1.165, 1.54) is 30.6 Å². The Bertz CT molecular complexity index is 941. The molecule has 1 saturated heterocycles. The van der Waals surface area contributed by atoms with Gasteiger partial charge in [0.2, 0.25) is 0 Å². The second kappa shape index (κ2) is 8.95. The number of carbonyl (C=O) groups excluding carboxylic acids is 1. The van der Waals surface area contributed by atoms with Gasteiger partial charge in [0, 0.05) is 36.6 Å². The Kier molecular flexibility index (Phi) is 5.94. The highest BCUT2D eigenvalue weighted by Gasteiger charge is 2.13. The van der Waals surface area contributed by atoms with Crippen LogP contribution in [0.4, 0.5) is 5.13 Å². The van der Waals surface area contributed by atoms with Crippen molar-refractivity contribution >= 4 is 28.5 Å². The van der Waals surface area contributed by atoms with E-state index in [-0.39, 0.29) is 5.91 Å². The zero-order valence-electron chi connectivity index (χ0n) is 15.5. The number of hydrogen-bond donors (Lipinski definition) is 2. The molecule has 1 unspecified atom stereocenters. The number of thiazole rings is 1. The summed E-state index contributed by atoms with van der Waals surface area (Å²) >= 11 is 1.44. The van der Waals surface area contributed by atoms with E-state index in [9.17, 15) is 4.79 Å². The lowest BCUT2D eigenvalue weighted by Crippen LogP contribution is -2.31. The molecule has 2 N–H and O–H groups in total. The van der Waals surface area contributed by atoms with Crippen LogP contribution >= 0.6 is 11.3 Å². The first-order valence-electron chi connectivity index (χ1n) is 9.50. The smallest absolute Gasteiger partial charge is 0.274 e. The molecule has 3 aromatic rings. The summed E-state index contributed by atoms with van der Waals surface area (Å²) in [6.07, 6.45) is 13.3. The molecule has 0 saturated carbocycles. The number of pyridine rings is 1. The van der Waals surface area contributed by atoms with Gasteiger partial charge in [-0.25, -0.2) is 4.98 Å².